The number of hydrogen-bond acceptors (Lipinski definition) is 3. The van der Waals surface area contributed by atoms with Crippen LogP contribution in [0.3, 0.4) is 0 Å². The minimum Gasteiger partial charge on any atom is -0.452 e. The highest BCUT2D eigenvalue weighted by Gasteiger charge is 2.25. The molecule has 0 atom stereocenters. The summed E-state index contributed by atoms with van der Waals surface area (Å²) in [7, 11) is 1.33. The van der Waals surface area contributed by atoms with E-state index in [9.17, 15) is 9.59 Å². The number of carbonyl (C=O) groups is 2. The highest BCUT2D eigenvalue weighted by molar-refractivity contribution is 5.97. The Kier molecular flexibility index (Phi) is 2.52. The minimum absolute atomic E-state index is 0.398. The van der Waals surface area contributed by atoms with Gasteiger partial charge < -0.3 is 10.5 Å². The van der Waals surface area contributed by atoms with Crippen molar-refractivity contribution in [1.29, 1.82) is 0 Å². The number of primary amides is 1. The topological polar surface area (TPSA) is 72.6 Å². The third kappa shape index (κ3) is 1.60. The molecule has 2 amide bonds. The van der Waals surface area contributed by atoms with E-state index >= 15 is 0 Å². The van der Waals surface area contributed by atoms with Crippen LogP contribution in [-0.4, -0.2) is 25.7 Å². The lowest BCUT2D eigenvalue weighted by Crippen LogP contribution is -2.28. The first kappa shape index (κ1) is 10.5. The van der Waals surface area contributed by atoms with Gasteiger partial charge in [0.15, 0.2) is 0 Å². The third-order valence-electron chi connectivity index (χ3n) is 2.66. The third-order valence-corrected chi connectivity index (χ3v) is 2.66. The minimum atomic E-state index is -0.500. The number of fused-ring (bicyclic) bond motifs is 1. The summed E-state index contributed by atoms with van der Waals surface area (Å²) in [6.45, 7) is 0.574. The maximum absolute atomic E-state index is 11.4. The van der Waals surface area contributed by atoms with Crippen LogP contribution in [0, 0.1) is 0 Å². The summed E-state index contributed by atoms with van der Waals surface area (Å²) < 4.78 is 4.66. The highest BCUT2D eigenvalue weighted by atomic mass is 16.5. The molecule has 5 nitrogen and oxygen atoms in total. The van der Waals surface area contributed by atoms with Gasteiger partial charge in [0.1, 0.15) is 0 Å². The molecule has 1 aliphatic rings. The van der Waals surface area contributed by atoms with Gasteiger partial charge in [-0.3, -0.25) is 9.69 Å². The van der Waals surface area contributed by atoms with Gasteiger partial charge in [-0.05, 0) is 24.1 Å². The number of benzene rings is 1. The molecule has 1 heterocycles. The van der Waals surface area contributed by atoms with E-state index in [1.54, 1.807) is 12.1 Å². The molecular weight excluding hydrogens is 208 g/mol. The molecule has 0 unspecified atom stereocenters. The summed E-state index contributed by atoms with van der Waals surface area (Å²) >= 11 is 0. The second-order valence-electron chi connectivity index (χ2n) is 3.58. The first-order valence-electron chi connectivity index (χ1n) is 4.91. The van der Waals surface area contributed by atoms with E-state index in [0.717, 1.165) is 12.0 Å². The fourth-order valence-corrected chi connectivity index (χ4v) is 1.83. The van der Waals surface area contributed by atoms with Crippen LogP contribution in [0.25, 0.3) is 0 Å². The lowest BCUT2D eigenvalue weighted by Gasteiger charge is -2.15. The number of ether oxygens (including phenoxy) is 1. The molecule has 1 aromatic rings. The van der Waals surface area contributed by atoms with Crippen molar-refractivity contribution in [2.24, 2.45) is 5.73 Å². The molecule has 16 heavy (non-hydrogen) atoms. The second-order valence-corrected chi connectivity index (χ2v) is 3.58. The SMILES string of the molecule is COC(=O)N1CCc2ccc(C(N)=O)cc21. The number of carbonyl (C=O) groups excluding carboxylic acids is 2. The van der Waals surface area contributed by atoms with Crippen molar-refractivity contribution in [3.05, 3.63) is 29.3 Å². The van der Waals surface area contributed by atoms with E-state index in [1.165, 1.54) is 12.0 Å². The van der Waals surface area contributed by atoms with Crippen molar-refractivity contribution in [2.45, 2.75) is 6.42 Å². The molecule has 0 aromatic heterocycles. The molecule has 84 valence electrons. The average molecular weight is 220 g/mol. The number of nitrogens with zero attached hydrogens (tertiary/aromatic N) is 1. The van der Waals surface area contributed by atoms with E-state index in [2.05, 4.69) is 4.74 Å². The molecule has 2 rings (SSSR count). The average Bonchev–Trinajstić information content (AvgIpc) is 2.70. The zero-order valence-corrected chi connectivity index (χ0v) is 8.90. The Morgan fingerprint density at radius 1 is 1.44 bits per heavy atom. The standard InChI is InChI=1S/C11H12N2O3/c1-16-11(15)13-5-4-7-2-3-8(10(12)14)6-9(7)13/h2-3,6H,4-5H2,1H3,(H2,12,14). The monoisotopic (exact) mass is 220 g/mol. The van der Waals surface area contributed by atoms with Crippen LogP contribution in [0.4, 0.5) is 10.5 Å². The van der Waals surface area contributed by atoms with Crippen LogP contribution in [-0.2, 0) is 11.2 Å². The van der Waals surface area contributed by atoms with Crippen molar-refractivity contribution in [2.75, 3.05) is 18.6 Å². The quantitative estimate of drug-likeness (QED) is 0.764. The molecule has 0 spiro atoms. The summed E-state index contributed by atoms with van der Waals surface area (Å²) in [6, 6.07) is 5.11. The Hall–Kier alpha value is -2.04. The van der Waals surface area contributed by atoms with Crippen LogP contribution >= 0.6 is 0 Å². The van der Waals surface area contributed by atoms with Gasteiger partial charge >= 0.3 is 6.09 Å². The summed E-state index contributed by atoms with van der Waals surface area (Å²) in [5.41, 5.74) is 7.32. The first-order chi connectivity index (χ1) is 7.63. The molecule has 0 aliphatic carbocycles. The van der Waals surface area contributed by atoms with E-state index < -0.39 is 12.0 Å². The van der Waals surface area contributed by atoms with E-state index in [0.29, 0.717) is 17.8 Å². The summed E-state index contributed by atoms with van der Waals surface area (Å²) in [5.74, 6) is -0.500. The van der Waals surface area contributed by atoms with Crippen molar-refractivity contribution in [1.82, 2.24) is 0 Å². The molecular formula is C11H12N2O3. The molecule has 5 heteroatoms. The fraction of sp³-hybridized carbons (Fsp3) is 0.273. The maximum atomic E-state index is 11.4. The molecule has 1 aliphatic heterocycles. The molecule has 0 saturated carbocycles. The fourth-order valence-electron chi connectivity index (χ4n) is 1.83. The first-order valence-corrected chi connectivity index (χ1v) is 4.91. The summed E-state index contributed by atoms with van der Waals surface area (Å²) in [5, 5.41) is 0. The molecule has 0 bridgehead atoms. The Labute approximate surface area is 92.8 Å². The predicted molar refractivity (Wildman–Crippen MR) is 58.4 cm³/mol. The largest absolute Gasteiger partial charge is 0.452 e. The van der Waals surface area contributed by atoms with Gasteiger partial charge in [-0.1, -0.05) is 6.07 Å². The van der Waals surface area contributed by atoms with Gasteiger partial charge in [0.2, 0.25) is 5.91 Å². The zero-order chi connectivity index (χ0) is 11.7. The highest BCUT2D eigenvalue weighted by Crippen LogP contribution is 2.29. The Bertz CT molecular complexity index is 457. The Balaban J connectivity index is 2.40. The van der Waals surface area contributed by atoms with Crippen molar-refractivity contribution in [3.8, 4) is 0 Å². The van der Waals surface area contributed by atoms with Crippen LogP contribution in [0.1, 0.15) is 15.9 Å². The zero-order valence-electron chi connectivity index (χ0n) is 8.90. The van der Waals surface area contributed by atoms with Crippen LogP contribution in [0.2, 0.25) is 0 Å². The van der Waals surface area contributed by atoms with Gasteiger partial charge in [0.25, 0.3) is 0 Å². The van der Waals surface area contributed by atoms with E-state index in [1.807, 2.05) is 6.07 Å². The van der Waals surface area contributed by atoms with Crippen molar-refractivity contribution in [3.63, 3.8) is 0 Å². The van der Waals surface area contributed by atoms with Gasteiger partial charge in [0.05, 0.1) is 12.8 Å². The van der Waals surface area contributed by atoms with Gasteiger partial charge in [-0.15, -0.1) is 0 Å². The van der Waals surface area contributed by atoms with E-state index in [-0.39, 0.29) is 0 Å². The predicted octanol–water partition coefficient (Wildman–Crippen LogP) is 0.914. The van der Waals surface area contributed by atoms with Crippen LogP contribution < -0.4 is 10.6 Å². The number of hydrogen-bond donors (Lipinski definition) is 1. The molecule has 2 N–H and O–H groups in total. The van der Waals surface area contributed by atoms with Crippen molar-refractivity contribution < 1.29 is 14.3 Å². The molecule has 1 aromatic carbocycles. The maximum Gasteiger partial charge on any atom is 0.414 e. The van der Waals surface area contributed by atoms with E-state index in [4.69, 9.17) is 5.73 Å². The molecule has 0 radical (unpaired) electrons. The Morgan fingerprint density at radius 3 is 2.81 bits per heavy atom. The number of anilines is 1. The summed E-state index contributed by atoms with van der Waals surface area (Å²) in [4.78, 5) is 24.0. The lowest BCUT2D eigenvalue weighted by molar-refractivity contribution is 0.1000. The van der Waals surface area contributed by atoms with Gasteiger partial charge in [-0.2, -0.15) is 0 Å². The van der Waals surface area contributed by atoms with Crippen LogP contribution in [0.15, 0.2) is 18.2 Å². The number of methoxy groups -OCH3 is 1. The Morgan fingerprint density at radius 2 is 2.19 bits per heavy atom. The van der Waals surface area contributed by atoms with Gasteiger partial charge in [0, 0.05) is 12.1 Å². The smallest absolute Gasteiger partial charge is 0.414 e. The molecule has 0 saturated heterocycles. The number of rotatable bonds is 1. The summed E-state index contributed by atoms with van der Waals surface area (Å²) in [6.07, 6.45) is 0.351. The molecule has 0 fully saturated rings. The van der Waals surface area contributed by atoms with Gasteiger partial charge in [-0.25, -0.2) is 4.79 Å². The normalized spacial score (nSPS) is 13.4. The number of nitrogens with two attached hydrogens (primary N) is 1. The lowest BCUT2D eigenvalue weighted by atomic mass is 10.1. The van der Waals surface area contributed by atoms with Crippen LogP contribution in [0.5, 0.6) is 0 Å². The second kappa shape index (κ2) is 3.84. The van der Waals surface area contributed by atoms with Crippen molar-refractivity contribution >= 4 is 17.7 Å². The number of amides is 2.